The average Bonchev–Trinajstić information content (AvgIpc) is 3.18. The molecule has 0 radical (unpaired) electrons. The first-order valence-electron chi connectivity index (χ1n) is 9.68. The van der Waals surface area contributed by atoms with Gasteiger partial charge in [0.1, 0.15) is 17.1 Å². The normalized spacial score (nSPS) is 15.2. The molecule has 1 aliphatic rings. The van der Waals surface area contributed by atoms with E-state index in [-0.39, 0.29) is 22.1 Å². The molecule has 1 aromatic heterocycles. The lowest BCUT2D eigenvalue weighted by Gasteiger charge is -2.29. The Labute approximate surface area is 202 Å². The van der Waals surface area contributed by atoms with E-state index in [4.69, 9.17) is 16.6 Å². The van der Waals surface area contributed by atoms with Gasteiger partial charge in [-0.2, -0.15) is 0 Å². The molecule has 10 heteroatoms. The number of non-ortho nitro benzene ring substituents is 1. The summed E-state index contributed by atoms with van der Waals surface area (Å²) in [5.74, 6) is -0.515. The molecule has 1 fully saturated rings. The van der Waals surface area contributed by atoms with Crippen LogP contribution in [0.15, 0.2) is 63.0 Å². The van der Waals surface area contributed by atoms with Crippen LogP contribution in [0.3, 0.4) is 0 Å². The highest BCUT2D eigenvalue weighted by Crippen LogP contribution is 2.33. The molecule has 33 heavy (non-hydrogen) atoms. The molecule has 1 aliphatic heterocycles. The number of aryl methyl sites for hydroxylation is 2. The Morgan fingerprint density at radius 3 is 2.42 bits per heavy atom. The number of rotatable bonds is 4. The van der Waals surface area contributed by atoms with E-state index in [2.05, 4.69) is 21.2 Å². The SMILES string of the molecule is Cc1cc(C)cc(N2C(=O)/C(=C\c3ccc(-c4ccc([N+](=O)[O-])cc4Br)o3)C(=O)NC2=S)c1. The zero-order valence-electron chi connectivity index (χ0n) is 17.4. The Hall–Kier alpha value is -3.63. The predicted molar refractivity (Wildman–Crippen MR) is 131 cm³/mol. The number of anilines is 1. The van der Waals surface area contributed by atoms with Gasteiger partial charge in [0, 0.05) is 22.2 Å². The first-order chi connectivity index (χ1) is 15.6. The van der Waals surface area contributed by atoms with Gasteiger partial charge in [-0.1, -0.05) is 6.07 Å². The van der Waals surface area contributed by atoms with Gasteiger partial charge in [0.05, 0.1) is 10.6 Å². The number of hydrogen-bond donors (Lipinski definition) is 1. The van der Waals surface area contributed by atoms with Gasteiger partial charge < -0.3 is 4.42 Å². The van der Waals surface area contributed by atoms with Crippen molar-refractivity contribution in [1.29, 1.82) is 0 Å². The molecule has 0 bridgehead atoms. The number of thiocarbonyl (C=S) groups is 1. The Balaban J connectivity index is 1.68. The van der Waals surface area contributed by atoms with Crippen LogP contribution in [0, 0.1) is 24.0 Å². The highest BCUT2D eigenvalue weighted by atomic mass is 79.9. The van der Waals surface area contributed by atoms with Crippen molar-refractivity contribution in [1.82, 2.24) is 5.32 Å². The fourth-order valence-electron chi connectivity index (χ4n) is 3.51. The summed E-state index contributed by atoms with van der Waals surface area (Å²) in [5, 5.41) is 13.5. The minimum absolute atomic E-state index is 0.00194. The highest BCUT2D eigenvalue weighted by Gasteiger charge is 2.35. The van der Waals surface area contributed by atoms with Gasteiger partial charge in [0.15, 0.2) is 5.11 Å². The van der Waals surface area contributed by atoms with Crippen LogP contribution in [0.25, 0.3) is 17.4 Å². The van der Waals surface area contributed by atoms with E-state index in [9.17, 15) is 19.7 Å². The summed E-state index contributed by atoms with van der Waals surface area (Å²) in [6, 6.07) is 13.1. The van der Waals surface area contributed by atoms with Gasteiger partial charge in [0.2, 0.25) is 0 Å². The third-order valence-electron chi connectivity index (χ3n) is 4.91. The van der Waals surface area contributed by atoms with E-state index in [1.807, 2.05) is 32.0 Å². The molecule has 2 aromatic carbocycles. The van der Waals surface area contributed by atoms with Gasteiger partial charge in [-0.25, -0.2) is 0 Å². The van der Waals surface area contributed by atoms with E-state index in [1.54, 1.807) is 18.2 Å². The first-order valence-corrected chi connectivity index (χ1v) is 10.9. The molecule has 2 heterocycles. The monoisotopic (exact) mass is 525 g/mol. The number of nitro benzene ring substituents is 1. The number of amides is 2. The zero-order chi connectivity index (χ0) is 23.9. The van der Waals surface area contributed by atoms with Gasteiger partial charge in [-0.3, -0.25) is 29.9 Å². The first kappa shape index (κ1) is 22.6. The molecule has 0 spiro atoms. The lowest BCUT2D eigenvalue weighted by molar-refractivity contribution is -0.384. The molecule has 8 nitrogen and oxygen atoms in total. The van der Waals surface area contributed by atoms with Gasteiger partial charge >= 0.3 is 0 Å². The molecule has 1 N–H and O–H groups in total. The molecule has 1 saturated heterocycles. The number of halogens is 1. The summed E-state index contributed by atoms with van der Waals surface area (Å²) in [4.78, 5) is 37.5. The second kappa shape index (κ2) is 8.72. The van der Waals surface area contributed by atoms with Crippen LogP contribution >= 0.6 is 28.1 Å². The Morgan fingerprint density at radius 2 is 1.79 bits per heavy atom. The van der Waals surface area contributed by atoms with Gasteiger partial charge in [-0.05, 0) is 89.5 Å². The third-order valence-corrected chi connectivity index (χ3v) is 5.85. The lowest BCUT2D eigenvalue weighted by Crippen LogP contribution is -2.54. The molecular formula is C23H16BrN3O5S. The van der Waals surface area contributed by atoms with E-state index in [0.29, 0.717) is 21.5 Å². The van der Waals surface area contributed by atoms with Crippen molar-refractivity contribution in [3.05, 3.63) is 85.6 Å². The predicted octanol–water partition coefficient (Wildman–Crippen LogP) is 5.07. The standard InChI is InChI=1S/C23H16BrN3O5S/c1-12-7-13(2)9-15(8-12)26-22(29)18(21(28)25-23(26)33)11-16-4-6-20(32-16)17-5-3-14(27(30)31)10-19(17)24/h3-11H,1-2H3,(H,25,28,33)/b18-11-. The summed E-state index contributed by atoms with van der Waals surface area (Å²) >= 11 is 8.56. The maximum atomic E-state index is 13.2. The third kappa shape index (κ3) is 4.48. The van der Waals surface area contributed by atoms with E-state index in [0.717, 1.165) is 11.1 Å². The topological polar surface area (TPSA) is 106 Å². The molecule has 0 saturated carbocycles. The molecule has 0 unspecified atom stereocenters. The molecule has 0 aliphatic carbocycles. The second-order valence-electron chi connectivity index (χ2n) is 7.43. The highest BCUT2D eigenvalue weighted by molar-refractivity contribution is 9.10. The van der Waals surface area contributed by atoms with Crippen molar-refractivity contribution >= 4 is 62.5 Å². The summed E-state index contributed by atoms with van der Waals surface area (Å²) < 4.78 is 6.27. The minimum Gasteiger partial charge on any atom is -0.457 e. The number of benzene rings is 2. The number of nitrogens with zero attached hydrogens (tertiary/aromatic N) is 2. The quantitative estimate of drug-likeness (QED) is 0.167. The molecule has 2 amide bonds. The Bertz CT molecular complexity index is 1360. The van der Waals surface area contributed by atoms with E-state index in [1.165, 1.54) is 23.1 Å². The molecular weight excluding hydrogens is 510 g/mol. The lowest BCUT2D eigenvalue weighted by atomic mass is 10.1. The van der Waals surface area contributed by atoms with Crippen molar-refractivity contribution < 1.29 is 18.9 Å². The van der Waals surface area contributed by atoms with Crippen LogP contribution in [-0.2, 0) is 9.59 Å². The van der Waals surface area contributed by atoms with Crippen molar-refractivity contribution in [2.45, 2.75) is 13.8 Å². The summed E-state index contributed by atoms with van der Waals surface area (Å²) in [7, 11) is 0. The molecule has 0 atom stereocenters. The maximum absolute atomic E-state index is 13.2. The number of carbonyl (C=O) groups excluding carboxylic acids is 2. The summed E-state index contributed by atoms with van der Waals surface area (Å²) in [6.07, 6.45) is 1.35. The van der Waals surface area contributed by atoms with Crippen molar-refractivity contribution in [3.8, 4) is 11.3 Å². The zero-order valence-corrected chi connectivity index (χ0v) is 19.8. The van der Waals surface area contributed by atoms with Crippen LogP contribution < -0.4 is 10.2 Å². The Morgan fingerprint density at radius 1 is 1.09 bits per heavy atom. The molecule has 4 rings (SSSR count). The maximum Gasteiger partial charge on any atom is 0.270 e. The smallest absolute Gasteiger partial charge is 0.270 e. The largest absolute Gasteiger partial charge is 0.457 e. The fourth-order valence-corrected chi connectivity index (χ4v) is 4.35. The summed E-state index contributed by atoms with van der Waals surface area (Å²) in [5.41, 5.74) is 2.85. The molecule has 3 aromatic rings. The van der Waals surface area contributed by atoms with E-state index < -0.39 is 16.7 Å². The second-order valence-corrected chi connectivity index (χ2v) is 8.67. The summed E-state index contributed by atoms with van der Waals surface area (Å²) in [6.45, 7) is 3.81. The average molecular weight is 526 g/mol. The van der Waals surface area contributed by atoms with Crippen LogP contribution in [0.5, 0.6) is 0 Å². The van der Waals surface area contributed by atoms with Crippen LogP contribution in [-0.4, -0.2) is 21.9 Å². The van der Waals surface area contributed by atoms with Crippen molar-refractivity contribution in [2.24, 2.45) is 0 Å². The number of hydrogen-bond acceptors (Lipinski definition) is 6. The van der Waals surface area contributed by atoms with Crippen molar-refractivity contribution in [3.63, 3.8) is 0 Å². The number of carbonyl (C=O) groups is 2. The Kier molecular flexibility index (Phi) is 5.96. The van der Waals surface area contributed by atoms with Crippen LogP contribution in [0.2, 0.25) is 0 Å². The van der Waals surface area contributed by atoms with Crippen LogP contribution in [0.4, 0.5) is 11.4 Å². The number of nitro groups is 1. The van der Waals surface area contributed by atoms with Gasteiger partial charge in [0.25, 0.3) is 17.5 Å². The number of furan rings is 1. The van der Waals surface area contributed by atoms with Gasteiger partial charge in [-0.15, -0.1) is 0 Å². The van der Waals surface area contributed by atoms with Crippen molar-refractivity contribution in [2.75, 3.05) is 4.90 Å². The fraction of sp³-hybridized carbons (Fsp3) is 0.0870. The minimum atomic E-state index is -0.625. The van der Waals surface area contributed by atoms with E-state index >= 15 is 0 Å². The number of nitrogens with one attached hydrogen (secondary N) is 1. The molecule has 166 valence electrons. The van der Waals surface area contributed by atoms with Crippen LogP contribution in [0.1, 0.15) is 16.9 Å².